The summed E-state index contributed by atoms with van der Waals surface area (Å²) in [6.07, 6.45) is 0.302. The van der Waals surface area contributed by atoms with Gasteiger partial charge in [0.15, 0.2) is 10.4 Å². The van der Waals surface area contributed by atoms with Gasteiger partial charge in [0.05, 0.1) is 24.4 Å². The van der Waals surface area contributed by atoms with Gasteiger partial charge in [-0.3, -0.25) is 9.59 Å². The molecule has 1 aliphatic heterocycles. The minimum atomic E-state index is -0.520. The molecule has 9 heteroatoms. The third kappa shape index (κ3) is 4.62. The number of hydrogen-bond acceptors (Lipinski definition) is 5. The van der Waals surface area contributed by atoms with Crippen molar-refractivity contribution < 1.29 is 13.9 Å². The average Bonchev–Trinajstić information content (AvgIpc) is 3.59. The van der Waals surface area contributed by atoms with Crippen molar-refractivity contribution in [3.8, 4) is 16.9 Å². The fourth-order valence-corrected chi connectivity index (χ4v) is 5.69. The molecule has 0 unspecified atom stereocenters. The van der Waals surface area contributed by atoms with Gasteiger partial charge in [0.1, 0.15) is 5.75 Å². The molecule has 2 aromatic heterocycles. The lowest BCUT2D eigenvalue weighted by atomic mass is 9.91. The van der Waals surface area contributed by atoms with Gasteiger partial charge in [-0.15, -0.1) is 0 Å². The summed E-state index contributed by atoms with van der Waals surface area (Å²) in [7, 11) is 1.59. The second-order valence-electron chi connectivity index (χ2n) is 9.02. The summed E-state index contributed by atoms with van der Waals surface area (Å²) in [5.74, 6) is 0.330. The van der Waals surface area contributed by atoms with E-state index in [4.69, 9.17) is 14.3 Å². The van der Waals surface area contributed by atoms with E-state index in [9.17, 15) is 9.59 Å². The minimum Gasteiger partial charge on any atom is -0.496 e. The lowest BCUT2D eigenvalue weighted by Crippen LogP contribution is -2.27. The molecular formula is C30H21Br2N3O4. The van der Waals surface area contributed by atoms with Crippen LogP contribution in [0.15, 0.2) is 108 Å². The summed E-state index contributed by atoms with van der Waals surface area (Å²) in [4.78, 5) is 30.4. The molecule has 3 aromatic carbocycles. The van der Waals surface area contributed by atoms with Crippen LogP contribution in [-0.2, 0) is 0 Å². The molecule has 0 saturated heterocycles. The summed E-state index contributed by atoms with van der Waals surface area (Å²) >= 11 is 6.85. The van der Waals surface area contributed by atoms with E-state index in [1.165, 1.54) is 5.01 Å². The van der Waals surface area contributed by atoms with E-state index in [0.717, 1.165) is 26.5 Å². The number of ether oxygens (including phenoxy) is 1. The maximum Gasteiger partial charge on any atom is 0.310 e. The van der Waals surface area contributed by atoms with Gasteiger partial charge in [-0.1, -0.05) is 64.5 Å². The maximum atomic E-state index is 13.7. The number of carbonyl (C=O) groups excluding carboxylic acids is 1. The third-order valence-corrected chi connectivity index (χ3v) is 7.65. The molecule has 1 amide bonds. The van der Waals surface area contributed by atoms with Crippen LogP contribution in [0.3, 0.4) is 0 Å². The van der Waals surface area contributed by atoms with Crippen LogP contribution >= 0.6 is 31.9 Å². The zero-order valence-electron chi connectivity index (χ0n) is 20.7. The number of methoxy groups -OCH3 is 1. The number of halogens is 2. The molecule has 0 bridgehead atoms. The highest BCUT2D eigenvalue weighted by Crippen LogP contribution is 2.40. The maximum absolute atomic E-state index is 13.7. The quantitative estimate of drug-likeness (QED) is 0.217. The number of aromatic amines is 1. The number of hydrazone groups is 1. The Labute approximate surface area is 240 Å². The predicted molar refractivity (Wildman–Crippen MR) is 157 cm³/mol. The van der Waals surface area contributed by atoms with Crippen LogP contribution in [0.1, 0.15) is 34.1 Å². The highest BCUT2D eigenvalue weighted by Gasteiger charge is 2.38. The third-order valence-electron chi connectivity index (χ3n) is 6.73. The topological polar surface area (TPSA) is 87.9 Å². The highest BCUT2D eigenvalue weighted by molar-refractivity contribution is 9.10. The van der Waals surface area contributed by atoms with Crippen molar-refractivity contribution in [2.24, 2.45) is 5.10 Å². The first-order valence-corrected chi connectivity index (χ1v) is 13.7. The van der Waals surface area contributed by atoms with E-state index < -0.39 is 11.9 Å². The second kappa shape index (κ2) is 10.3. The summed E-state index contributed by atoms with van der Waals surface area (Å²) in [5, 5.41) is 7.04. The molecule has 0 aliphatic carbocycles. The average molecular weight is 647 g/mol. The van der Waals surface area contributed by atoms with Crippen LogP contribution < -0.4 is 10.3 Å². The predicted octanol–water partition coefficient (Wildman–Crippen LogP) is 7.31. The van der Waals surface area contributed by atoms with E-state index in [1.54, 1.807) is 19.2 Å². The summed E-state index contributed by atoms with van der Waals surface area (Å²) in [6, 6.07) is 25.7. The van der Waals surface area contributed by atoms with Gasteiger partial charge in [0, 0.05) is 32.9 Å². The van der Waals surface area contributed by atoms with Crippen molar-refractivity contribution in [1.82, 2.24) is 9.99 Å². The Morgan fingerprint density at radius 2 is 1.77 bits per heavy atom. The Morgan fingerprint density at radius 3 is 2.51 bits per heavy atom. The van der Waals surface area contributed by atoms with Gasteiger partial charge < -0.3 is 14.1 Å². The van der Waals surface area contributed by atoms with Crippen LogP contribution in [0.2, 0.25) is 0 Å². The molecule has 5 aromatic rings. The van der Waals surface area contributed by atoms with Gasteiger partial charge in [0.25, 0.3) is 5.56 Å². The number of nitrogens with zero attached hydrogens (tertiary/aromatic N) is 2. The van der Waals surface area contributed by atoms with E-state index in [-0.39, 0.29) is 11.3 Å². The normalized spacial score (nSPS) is 15.0. The molecule has 1 atom stereocenters. The summed E-state index contributed by atoms with van der Waals surface area (Å²) in [6.45, 7) is 0. The standard InChI is InChI=1S/C30H21Br2N3O4/c1-38-24-10-6-5-9-19(24)23-16-22(34-35(23)30(37)25-13-14-26(32)39-25)28-27(17-7-3-2-4-8-17)20-15-18(31)11-12-21(20)33-29(28)36/h2-15,23H,16H2,1H3,(H,33,36)/t23-/m0/s1. The number of furan rings is 1. The van der Waals surface area contributed by atoms with E-state index in [2.05, 4.69) is 36.8 Å². The van der Waals surface area contributed by atoms with Crippen LogP contribution in [0, 0.1) is 0 Å². The van der Waals surface area contributed by atoms with E-state index >= 15 is 0 Å². The van der Waals surface area contributed by atoms with Crippen LogP contribution in [0.25, 0.3) is 22.0 Å². The number of pyridine rings is 1. The Kier molecular flexibility index (Phi) is 6.70. The van der Waals surface area contributed by atoms with Crippen molar-refractivity contribution in [1.29, 1.82) is 0 Å². The molecule has 0 radical (unpaired) electrons. The first kappa shape index (κ1) is 25.3. The second-order valence-corrected chi connectivity index (χ2v) is 10.7. The van der Waals surface area contributed by atoms with Gasteiger partial charge >= 0.3 is 5.91 Å². The lowest BCUT2D eigenvalue weighted by molar-refractivity contribution is 0.0675. The number of carbonyl (C=O) groups is 1. The summed E-state index contributed by atoms with van der Waals surface area (Å²) in [5.41, 5.74) is 3.74. The van der Waals surface area contributed by atoms with Crippen molar-refractivity contribution in [2.45, 2.75) is 12.5 Å². The molecule has 0 fully saturated rings. The smallest absolute Gasteiger partial charge is 0.310 e. The number of amides is 1. The van der Waals surface area contributed by atoms with Crippen molar-refractivity contribution in [2.75, 3.05) is 7.11 Å². The lowest BCUT2D eigenvalue weighted by Gasteiger charge is -2.22. The number of rotatable bonds is 5. The van der Waals surface area contributed by atoms with Gasteiger partial charge in [-0.25, -0.2) is 5.01 Å². The number of hydrogen-bond donors (Lipinski definition) is 1. The number of aromatic nitrogens is 1. The summed E-state index contributed by atoms with van der Waals surface area (Å²) < 4.78 is 12.5. The largest absolute Gasteiger partial charge is 0.496 e. The van der Waals surface area contributed by atoms with Crippen molar-refractivity contribution in [3.63, 3.8) is 0 Å². The highest BCUT2D eigenvalue weighted by atomic mass is 79.9. The van der Waals surface area contributed by atoms with E-state index in [1.807, 2.05) is 72.8 Å². The van der Waals surface area contributed by atoms with E-state index in [0.29, 0.717) is 33.6 Å². The number of para-hydroxylation sites is 1. The molecule has 194 valence electrons. The van der Waals surface area contributed by atoms with Crippen molar-refractivity contribution in [3.05, 3.63) is 121 Å². The van der Waals surface area contributed by atoms with Gasteiger partial charge in [-0.05, 0) is 57.9 Å². The van der Waals surface area contributed by atoms with Gasteiger partial charge in [-0.2, -0.15) is 5.10 Å². The minimum absolute atomic E-state index is 0.131. The molecule has 0 spiro atoms. The Hall–Kier alpha value is -3.95. The number of nitrogens with one attached hydrogen (secondary N) is 1. The molecule has 3 heterocycles. The fraction of sp³-hybridized carbons (Fsp3) is 0.100. The van der Waals surface area contributed by atoms with Crippen LogP contribution in [-0.4, -0.2) is 28.7 Å². The molecule has 1 N–H and O–H groups in total. The van der Waals surface area contributed by atoms with Crippen molar-refractivity contribution >= 4 is 54.4 Å². The van der Waals surface area contributed by atoms with Crippen LogP contribution in [0.4, 0.5) is 0 Å². The zero-order valence-corrected chi connectivity index (χ0v) is 23.8. The number of benzene rings is 3. The fourth-order valence-electron chi connectivity index (χ4n) is 5.02. The molecular weight excluding hydrogens is 626 g/mol. The molecule has 39 heavy (non-hydrogen) atoms. The molecule has 1 aliphatic rings. The molecule has 7 nitrogen and oxygen atoms in total. The Morgan fingerprint density at radius 1 is 1.00 bits per heavy atom. The SMILES string of the molecule is COc1ccccc1[C@@H]1CC(c2c(-c3ccccc3)c3cc(Br)ccc3[nH]c2=O)=NN1C(=O)c1ccc(Br)o1. The Bertz CT molecular complexity index is 1810. The number of fused-ring (bicyclic) bond motifs is 1. The van der Waals surface area contributed by atoms with Gasteiger partial charge in [0.2, 0.25) is 0 Å². The van der Waals surface area contributed by atoms with Crippen LogP contribution in [0.5, 0.6) is 5.75 Å². The zero-order chi connectivity index (χ0) is 27.1. The Balaban J connectivity index is 1.58. The first-order valence-electron chi connectivity index (χ1n) is 12.1. The monoisotopic (exact) mass is 645 g/mol. The molecule has 6 rings (SSSR count). The molecule has 0 saturated carbocycles. The number of H-pyrrole nitrogens is 1. The first-order chi connectivity index (χ1) is 18.9.